The number of carbonyl (C=O) groups is 3. The van der Waals surface area contributed by atoms with Gasteiger partial charge in [0.2, 0.25) is 0 Å². The Labute approximate surface area is 115 Å². The number of carbonyl (C=O) groups excluding carboxylic acids is 3. The van der Waals surface area contributed by atoms with Crippen LogP contribution in [0.3, 0.4) is 0 Å². The third-order valence-electron chi connectivity index (χ3n) is 2.33. The number of nitrogens with one attached hydrogen (secondary N) is 2. The summed E-state index contributed by atoms with van der Waals surface area (Å²) < 4.78 is 4.54. The first-order valence-electron chi connectivity index (χ1n) is 5.89. The molecule has 0 saturated heterocycles. The van der Waals surface area contributed by atoms with Crippen LogP contribution in [0, 0.1) is 0 Å². The van der Waals surface area contributed by atoms with E-state index in [1.807, 2.05) is 0 Å². The maximum Gasteiger partial charge on any atom is 0.337 e. The highest BCUT2D eigenvalue weighted by atomic mass is 16.5. The summed E-state index contributed by atoms with van der Waals surface area (Å²) in [5, 5.41) is 13.6. The Morgan fingerprint density at radius 2 is 1.80 bits per heavy atom. The lowest BCUT2D eigenvalue weighted by atomic mass is 10.2. The predicted octanol–water partition coefficient (Wildman–Crippen LogP) is -0.0913. The Morgan fingerprint density at radius 1 is 1.20 bits per heavy atom. The Balaban J connectivity index is 2.58. The van der Waals surface area contributed by atoms with E-state index in [1.165, 1.54) is 38.3 Å². The minimum atomic E-state index is -0.850. The molecule has 1 aromatic rings. The van der Waals surface area contributed by atoms with Crippen molar-refractivity contribution in [2.75, 3.05) is 19.0 Å². The Bertz CT molecular complexity index is 496. The first kappa shape index (κ1) is 15.6. The molecule has 2 amide bonds. The van der Waals surface area contributed by atoms with Gasteiger partial charge in [-0.3, -0.25) is 9.59 Å². The predicted molar refractivity (Wildman–Crippen MR) is 71.1 cm³/mol. The van der Waals surface area contributed by atoms with Crippen LogP contribution in [0.15, 0.2) is 24.3 Å². The van der Waals surface area contributed by atoms with E-state index in [2.05, 4.69) is 15.4 Å². The van der Waals surface area contributed by atoms with E-state index >= 15 is 0 Å². The van der Waals surface area contributed by atoms with Gasteiger partial charge in [-0.1, -0.05) is 0 Å². The summed E-state index contributed by atoms with van der Waals surface area (Å²) in [4.78, 5) is 34.1. The van der Waals surface area contributed by atoms with Gasteiger partial charge in [0.1, 0.15) is 0 Å². The van der Waals surface area contributed by atoms with Crippen LogP contribution in [0.2, 0.25) is 0 Å². The number of benzene rings is 1. The molecule has 0 bridgehead atoms. The molecule has 3 N–H and O–H groups in total. The van der Waals surface area contributed by atoms with E-state index in [4.69, 9.17) is 5.11 Å². The second-order valence-electron chi connectivity index (χ2n) is 4.08. The summed E-state index contributed by atoms with van der Waals surface area (Å²) in [7, 11) is 1.27. The van der Waals surface area contributed by atoms with Crippen LogP contribution in [0.4, 0.5) is 5.69 Å². The van der Waals surface area contributed by atoms with Crippen molar-refractivity contribution in [1.82, 2.24) is 5.32 Å². The summed E-state index contributed by atoms with van der Waals surface area (Å²) in [6, 6.07) is 5.89. The number of anilines is 1. The van der Waals surface area contributed by atoms with Crippen LogP contribution in [-0.2, 0) is 14.3 Å². The molecule has 0 fully saturated rings. The maximum absolute atomic E-state index is 11.5. The lowest BCUT2D eigenvalue weighted by Crippen LogP contribution is -2.38. The van der Waals surface area contributed by atoms with Gasteiger partial charge in [0, 0.05) is 12.2 Å². The second kappa shape index (κ2) is 7.25. The summed E-state index contributed by atoms with van der Waals surface area (Å²) in [5.41, 5.74) is 0.707. The molecule has 7 heteroatoms. The average Bonchev–Trinajstić information content (AvgIpc) is 2.44. The van der Waals surface area contributed by atoms with Crippen molar-refractivity contribution in [2.45, 2.75) is 13.0 Å². The molecule has 0 spiro atoms. The van der Waals surface area contributed by atoms with Crippen molar-refractivity contribution in [3.05, 3.63) is 29.8 Å². The van der Waals surface area contributed by atoms with Crippen molar-refractivity contribution in [3.63, 3.8) is 0 Å². The van der Waals surface area contributed by atoms with Crippen LogP contribution in [-0.4, -0.2) is 42.6 Å². The second-order valence-corrected chi connectivity index (χ2v) is 4.08. The smallest absolute Gasteiger partial charge is 0.337 e. The molecule has 1 atom stereocenters. The van der Waals surface area contributed by atoms with Gasteiger partial charge in [-0.25, -0.2) is 4.79 Å². The minimum Gasteiger partial charge on any atom is -0.465 e. The zero-order valence-corrected chi connectivity index (χ0v) is 11.2. The third-order valence-corrected chi connectivity index (χ3v) is 2.33. The topological polar surface area (TPSA) is 105 Å². The average molecular weight is 280 g/mol. The van der Waals surface area contributed by atoms with E-state index < -0.39 is 23.9 Å². The fraction of sp³-hybridized carbons (Fsp3) is 0.308. The van der Waals surface area contributed by atoms with Gasteiger partial charge in [0.05, 0.1) is 18.8 Å². The van der Waals surface area contributed by atoms with E-state index in [1.54, 1.807) is 0 Å². The Hall–Kier alpha value is -2.41. The highest BCUT2D eigenvalue weighted by molar-refractivity contribution is 6.39. The molecule has 0 aliphatic heterocycles. The quantitative estimate of drug-likeness (QED) is 0.528. The maximum atomic E-state index is 11.5. The fourth-order valence-corrected chi connectivity index (χ4v) is 1.32. The number of esters is 1. The number of aliphatic hydroxyl groups excluding tert-OH is 1. The molecule has 0 saturated carbocycles. The molecule has 0 unspecified atom stereocenters. The number of methoxy groups -OCH3 is 1. The Morgan fingerprint density at radius 3 is 2.30 bits per heavy atom. The molecule has 0 heterocycles. The SMILES string of the molecule is COC(=O)c1ccc(NC(=O)C(=O)NC[C@H](C)O)cc1. The standard InChI is InChI=1S/C13H16N2O5/c1-8(16)7-14-11(17)12(18)15-10-5-3-9(4-6-10)13(19)20-2/h3-6,8,16H,7H2,1-2H3,(H,14,17)(H,15,18)/t8-/m0/s1. The van der Waals surface area contributed by atoms with Gasteiger partial charge < -0.3 is 20.5 Å². The van der Waals surface area contributed by atoms with Crippen molar-refractivity contribution >= 4 is 23.5 Å². The molecule has 0 radical (unpaired) electrons. The van der Waals surface area contributed by atoms with Crippen molar-refractivity contribution in [3.8, 4) is 0 Å². The first-order chi connectivity index (χ1) is 9.43. The van der Waals surface area contributed by atoms with E-state index in [0.29, 0.717) is 11.3 Å². The van der Waals surface area contributed by atoms with Gasteiger partial charge in [-0.15, -0.1) is 0 Å². The Kier molecular flexibility index (Phi) is 5.67. The first-order valence-corrected chi connectivity index (χ1v) is 5.89. The number of aliphatic hydroxyl groups is 1. The minimum absolute atomic E-state index is 0.00642. The molecular formula is C13H16N2O5. The van der Waals surface area contributed by atoms with Crippen LogP contribution in [0.25, 0.3) is 0 Å². The van der Waals surface area contributed by atoms with Gasteiger partial charge in [-0.05, 0) is 31.2 Å². The van der Waals surface area contributed by atoms with Crippen molar-refractivity contribution < 1.29 is 24.2 Å². The fourth-order valence-electron chi connectivity index (χ4n) is 1.32. The van der Waals surface area contributed by atoms with E-state index in [0.717, 1.165) is 0 Å². The molecule has 1 aromatic carbocycles. The van der Waals surface area contributed by atoms with Gasteiger partial charge in [0.15, 0.2) is 0 Å². The molecular weight excluding hydrogens is 264 g/mol. The molecule has 7 nitrogen and oxygen atoms in total. The van der Waals surface area contributed by atoms with Crippen molar-refractivity contribution in [2.24, 2.45) is 0 Å². The highest BCUT2D eigenvalue weighted by Gasteiger charge is 2.14. The third kappa shape index (κ3) is 4.69. The van der Waals surface area contributed by atoms with Gasteiger partial charge in [0.25, 0.3) is 0 Å². The van der Waals surface area contributed by atoms with Crippen LogP contribution in [0.5, 0.6) is 0 Å². The van der Waals surface area contributed by atoms with Crippen LogP contribution < -0.4 is 10.6 Å². The van der Waals surface area contributed by atoms with Gasteiger partial charge in [-0.2, -0.15) is 0 Å². The number of rotatable bonds is 4. The summed E-state index contributed by atoms with van der Waals surface area (Å²) in [5.74, 6) is -2.18. The number of amides is 2. The van der Waals surface area contributed by atoms with E-state index in [9.17, 15) is 14.4 Å². The highest BCUT2D eigenvalue weighted by Crippen LogP contribution is 2.10. The summed E-state index contributed by atoms with van der Waals surface area (Å²) in [6.45, 7) is 1.48. The lowest BCUT2D eigenvalue weighted by Gasteiger charge is -2.08. The summed E-state index contributed by atoms with van der Waals surface area (Å²) in [6.07, 6.45) is -0.730. The molecule has 108 valence electrons. The number of ether oxygens (including phenoxy) is 1. The van der Waals surface area contributed by atoms with Crippen LogP contribution in [0.1, 0.15) is 17.3 Å². The molecule has 20 heavy (non-hydrogen) atoms. The molecule has 0 aliphatic rings. The lowest BCUT2D eigenvalue weighted by molar-refractivity contribution is -0.136. The van der Waals surface area contributed by atoms with Crippen molar-refractivity contribution in [1.29, 1.82) is 0 Å². The molecule has 0 aliphatic carbocycles. The molecule has 1 rings (SSSR count). The largest absolute Gasteiger partial charge is 0.465 e. The van der Waals surface area contributed by atoms with E-state index in [-0.39, 0.29) is 6.54 Å². The number of hydrogen-bond acceptors (Lipinski definition) is 5. The zero-order valence-electron chi connectivity index (χ0n) is 11.2. The normalized spacial score (nSPS) is 11.3. The summed E-state index contributed by atoms with van der Waals surface area (Å²) >= 11 is 0. The van der Waals surface area contributed by atoms with Crippen LogP contribution >= 0.6 is 0 Å². The van der Waals surface area contributed by atoms with Gasteiger partial charge >= 0.3 is 17.8 Å². The zero-order chi connectivity index (χ0) is 15.1. The number of hydrogen-bond donors (Lipinski definition) is 3. The molecule has 0 aromatic heterocycles. The monoisotopic (exact) mass is 280 g/mol.